The molecule has 1 unspecified atom stereocenters. The van der Waals surface area contributed by atoms with E-state index in [4.69, 9.17) is 21.6 Å². The van der Waals surface area contributed by atoms with E-state index in [0.717, 1.165) is 80.9 Å². The van der Waals surface area contributed by atoms with E-state index in [1.807, 2.05) is 0 Å². The average molecular weight is 489 g/mol. The second kappa shape index (κ2) is 8.43. The predicted octanol–water partition coefficient (Wildman–Crippen LogP) is 3.39. The number of rotatable bonds is 5. The number of aromatic nitrogens is 4. The Morgan fingerprint density at radius 1 is 1.12 bits per heavy atom. The molecule has 1 saturated heterocycles. The van der Waals surface area contributed by atoms with Gasteiger partial charge in [0.05, 0.1) is 33.7 Å². The lowest BCUT2D eigenvalue weighted by Crippen LogP contribution is -2.49. The van der Waals surface area contributed by atoms with Crippen molar-refractivity contribution in [2.45, 2.75) is 78.9 Å². The van der Waals surface area contributed by atoms with Gasteiger partial charge in [-0.15, -0.1) is 0 Å². The van der Waals surface area contributed by atoms with Crippen LogP contribution in [0.5, 0.6) is 0 Å². The molecule has 0 aromatic carbocycles. The highest BCUT2D eigenvalue weighted by molar-refractivity contribution is 7.86. The normalized spacial score (nSPS) is 28.3. The van der Waals surface area contributed by atoms with Crippen LogP contribution in [0.2, 0.25) is 5.02 Å². The van der Waals surface area contributed by atoms with E-state index in [9.17, 15) is 9.32 Å². The summed E-state index contributed by atoms with van der Waals surface area (Å²) in [5, 5.41) is 14.3. The summed E-state index contributed by atoms with van der Waals surface area (Å²) in [5.41, 5.74) is 0.624. The molecule has 3 atom stereocenters. The second-order valence-corrected chi connectivity index (χ2v) is 11.9. The lowest BCUT2D eigenvalue weighted by atomic mass is 9.77. The minimum absolute atomic E-state index is 0.0626. The molecule has 33 heavy (non-hydrogen) atoms. The van der Waals surface area contributed by atoms with Crippen LogP contribution in [-0.2, 0) is 10.8 Å². The summed E-state index contributed by atoms with van der Waals surface area (Å²) in [5.74, 6) is 2.79. The molecule has 4 aliphatic rings. The SMILES string of the molecule is O=[S@]1c2c(NC3(CO)CCC3)nc(N3CCC(c4ncc(Cl)cn4)CC3)nc2[C@H]2CCCC21. The van der Waals surface area contributed by atoms with Crippen molar-refractivity contribution in [3.8, 4) is 0 Å². The van der Waals surface area contributed by atoms with E-state index in [2.05, 4.69) is 20.2 Å². The summed E-state index contributed by atoms with van der Waals surface area (Å²) >= 11 is 5.94. The highest BCUT2D eigenvalue weighted by atomic mass is 35.5. The lowest BCUT2D eigenvalue weighted by Gasteiger charge is -2.42. The first-order chi connectivity index (χ1) is 16.1. The lowest BCUT2D eigenvalue weighted by molar-refractivity contribution is 0.143. The molecule has 0 bridgehead atoms. The highest BCUT2D eigenvalue weighted by Gasteiger charge is 2.47. The topological polar surface area (TPSA) is 104 Å². The summed E-state index contributed by atoms with van der Waals surface area (Å²) in [4.78, 5) is 21.8. The van der Waals surface area contributed by atoms with Gasteiger partial charge in [0.2, 0.25) is 5.95 Å². The number of aliphatic hydroxyl groups is 1. The standard InChI is InChI=1S/C23H29ClN6O2S/c24-15-11-25-20(26-12-15)14-5-9-30(10-6-14)22-27-18-16-3-1-4-17(16)33(32)19(18)21(28-22)29-23(13-31)7-2-8-23/h11-12,14,16-17,31H,1-10,13H2,(H,27,28,29)/t16-,17?,33+/m0/s1. The first kappa shape index (κ1) is 21.7. The van der Waals surface area contributed by atoms with Crippen molar-refractivity contribution in [1.82, 2.24) is 19.9 Å². The number of halogens is 1. The molecule has 8 nitrogen and oxygen atoms in total. The average Bonchev–Trinajstić information content (AvgIpc) is 3.40. The van der Waals surface area contributed by atoms with Crippen LogP contribution in [0.15, 0.2) is 17.3 Å². The van der Waals surface area contributed by atoms with Crippen LogP contribution >= 0.6 is 11.6 Å². The van der Waals surface area contributed by atoms with Crippen LogP contribution in [0.4, 0.5) is 11.8 Å². The Labute approximate surface area is 201 Å². The zero-order valence-corrected chi connectivity index (χ0v) is 20.1. The largest absolute Gasteiger partial charge is 0.394 e. The molecule has 2 N–H and O–H groups in total. The van der Waals surface area contributed by atoms with Gasteiger partial charge in [-0.05, 0) is 44.9 Å². The second-order valence-electron chi connectivity index (χ2n) is 9.90. The number of fused-ring (bicyclic) bond motifs is 3. The molecule has 2 aromatic heterocycles. The highest BCUT2D eigenvalue weighted by Crippen LogP contribution is 2.50. The van der Waals surface area contributed by atoms with Gasteiger partial charge >= 0.3 is 0 Å². The number of nitrogens with one attached hydrogen (secondary N) is 1. The molecule has 176 valence electrons. The van der Waals surface area contributed by atoms with Crippen molar-refractivity contribution in [2.24, 2.45) is 0 Å². The fourth-order valence-corrected chi connectivity index (χ4v) is 7.86. The number of anilines is 2. The number of piperidine rings is 1. The summed E-state index contributed by atoms with van der Waals surface area (Å²) in [6.45, 7) is 1.70. The molecule has 6 rings (SSSR count). The Balaban J connectivity index is 1.29. The van der Waals surface area contributed by atoms with Gasteiger partial charge in [-0.25, -0.2) is 15.0 Å². The van der Waals surface area contributed by atoms with Gasteiger partial charge in [-0.1, -0.05) is 18.0 Å². The van der Waals surface area contributed by atoms with Gasteiger partial charge < -0.3 is 15.3 Å². The van der Waals surface area contributed by atoms with Gasteiger partial charge in [0.15, 0.2) is 0 Å². The quantitative estimate of drug-likeness (QED) is 0.660. The van der Waals surface area contributed by atoms with E-state index >= 15 is 0 Å². The number of nitrogens with zero attached hydrogens (tertiary/aromatic N) is 5. The van der Waals surface area contributed by atoms with E-state index in [-0.39, 0.29) is 23.3 Å². The minimum Gasteiger partial charge on any atom is -0.394 e. The first-order valence-corrected chi connectivity index (χ1v) is 13.6. The molecule has 3 fully saturated rings. The summed E-state index contributed by atoms with van der Waals surface area (Å²) in [7, 11) is -1.09. The zero-order valence-electron chi connectivity index (χ0n) is 18.5. The van der Waals surface area contributed by atoms with Crippen molar-refractivity contribution in [3.05, 3.63) is 28.9 Å². The molecule has 2 saturated carbocycles. The Bertz CT molecular complexity index is 1070. The molecule has 4 heterocycles. The van der Waals surface area contributed by atoms with Gasteiger partial charge in [0, 0.05) is 42.6 Å². The molecule has 10 heteroatoms. The van der Waals surface area contributed by atoms with Crippen LogP contribution in [0.1, 0.15) is 74.7 Å². The van der Waals surface area contributed by atoms with E-state index < -0.39 is 10.8 Å². The maximum absolute atomic E-state index is 13.4. The predicted molar refractivity (Wildman–Crippen MR) is 127 cm³/mol. The van der Waals surface area contributed by atoms with Crippen LogP contribution in [-0.4, -0.2) is 59.7 Å². The van der Waals surface area contributed by atoms with E-state index in [1.165, 1.54) is 0 Å². The minimum atomic E-state index is -1.09. The first-order valence-electron chi connectivity index (χ1n) is 12.0. The van der Waals surface area contributed by atoms with Crippen LogP contribution in [0, 0.1) is 0 Å². The fraction of sp³-hybridized carbons (Fsp3) is 0.652. The van der Waals surface area contributed by atoms with Crippen LogP contribution < -0.4 is 10.2 Å². The van der Waals surface area contributed by atoms with Crippen molar-refractivity contribution in [1.29, 1.82) is 0 Å². The van der Waals surface area contributed by atoms with Gasteiger partial charge in [0.1, 0.15) is 16.5 Å². The molecular weight excluding hydrogens is 460 g/mol. The summed E-state index contributed by atoms with van der Waals surface area (Å²) in [6, 6.07) is 0. The fourth-order valence-electron chi connectivity index (χ4n) is 5.83. The van der Waals surface area contributed by atoms with Gasteiger partial charge in [-0.3, -0.25) is 4.21 Å². The van der Waals surface area contributed by atoms with Crippen molar-refractivity contribution in [2.75, 3.05) is 29.9 Å². The Morgan fingerprint density at radius 3 is 2.55 bits per heavy atom. The summed E-state index contributed by atoms with van der Waals surface area (Å²) < 4.78 is 13.4. The molecule has 2 aliphatic carbocycles. The van der Waals surface area contributed by atoms with Gasteiger partial charge in [-0.2, -0.15) is 4.98 Å². The number of hydrogen-bond donors (Lipinski definition) is 2. The van der Waals surface area contributed by atoms with Crippen LogP contribution in [0.25, 0.3) is 0 Å². The van der Waals surface area contributed by atoms with Crippen molar-refractivity contribution in [3.63, 3.8) is 0 Å². The monoisotopic (exact) mass is 488 g/mol. The van der Waals surface area contributed by atoms with Crippen LogP contribution in [0.3, 0.4) is 0 Å². The molecule has 0 amide bonds. The third kappa shape index (κ3) is 3.72. The molecular formula is C23H29ClN6O2S. The number of hydrogen-bond acceptors (Lipinski definition) is 8. The molecule has 0 radical (unpaired) electrons. The third-order valence-corrected chi connectivity index (χ3v) is 10.1. The van der Waals surface area contributed by atoms with Crippen molar-refractivity contribution >= 4 is 34.2 Å². The molecule has 2 aliphatic heterocycles. The summed E-state index contributed by atoms with van der Waals surface area (Å²) in [6.07, 6.45) is 11.2. The van der Waals surface area contributed by atoms with E-state index in [0.29, 0.717) is 22.7 Å². The Kier molecular flexibility index (Phi) is 5.54. The molecule has 0 spiro atoms. The van der Waals surface area contributed by atoms with Gasteiger partial charge in [0.25, 0.3) is 0 Å². The maximum Gasteiger partial charge on any atom is 0.227 e. The molecule has 2 aromatic rings. The smallest absolute Gasteiger partial charge is 0.227 e. The third-order valence-electron chi connectivity index (χ3n) is 7.94. The van der Waals surface area contributed by atoms with Crippen molar-refractivity contribution < 1.29 is 9.32 Å². The Hall–Kier alpha value is -1.84. The zero-order chi connectivity index (χ0) is 22.6. The number of aliphatic hydroxyl groups excluding tert-OH is 1. The Morgan fingerprint density at radius 2 is 1.88 bits per heavy atom. The van der Waals surface area contributed by atoms with E-state index in [1.54, 1.807) is 12.4 Å². The maximum atomic E-state index is 13.4.